The van der Waals surface area contributed by atoms with Gasteiger partial charge in [-0.3, -0.25) is 9.36 Å². The summed E-state index contributed by atoms with van der Waals surface area (Å²) >= 11 is 7.51. The van der Waals surface area contributed by atoms with E-state index in [9.17, 15) is 4.79 Å². The molecule has 0 saturated carbocycles. The van der Waals surface area contributed by atoms with Gasteiger partial charge in [0.05, 0.1) is 16.2 Å². The molecule has 9 heteroatoms. The Kier molecular flexibility index (Phi) is 6.74. The zero-order valence-corrected chi connectivity index (χ0v) is 17.9. The lowest BCUT2D eigenvalue weighted by Gasteiger charge is -2.14. The largest absolute Gasteiger partial charge is 0.385 e. The molecule has 1 aromatic carbocycles. The molecule has 0 aliphatic rings. The molecule has 0 radical (unpaired) electrons. The van der Waals surface area contributed by atoms with E-state index < -0.39 is 0 Å². The van der Waals surface area contributed by atoms with Crippen LogP contribution in [0.5, 0.6) is 0 Å². The maximum atomic E-state index is 13.0. The molecule has 3 aromatic rings. The van der Waals surface area contributed by atoms with Gasteiger partial charge in [-0.25, -0.2) is 4.98 Å². The molecule has 0 saturated heterocycles. The summed E-state index contributed by atoms with van der Waals surface area (Å²) in [5.41, 5.74) is 0.476. The summed E-state index contributed by atoms with van der Waals surface area (Å²) in [6.45, 7) is 7.04. The molecule has 2 heterocycles. The van der Waals surface area contributed by atoms with Crippen LogP contribution in [0.15, 0.2) is 32.7 Å². The van der Waals surface area contributed by atoms with Crippen LogP contribution in [0.25, 0.3) is 10.9 Å². The first kappa shape index (κ1) is 20.8. The van der Waals surface area contributed by atoms with Crippen LogP contribution in [0.4, 0.5) is 0 Å². The number of aromatic nitrogens is 4. The number of thioether (sulfide) groups is 1. The Morgan fingerprint density at radius 3 is 2.75 bits per heavy atom. The molecule has 0 spiro atoms. The van der Waals surface area contributed by atoms with Gasteiger partial charge in [0.25, 0.3) is 5.56 Å². The van der Waals surface area contributed by atoms with Gasteiger partial charge < -0.3 is 9.26 Å². The maximum absolute atomic E-state index is 13.0. The highest BCUT2D eigenvalue weighted by Gasteiger charge is 2.21. The van der Waals surface area contributed by atoms with E-state index in [-0.39, 0.29) is 16.7 Å². The third kappa shape index (κ3) is 4.56. The summed E-state index contributed by atoms with van der Waals surface area (Å²) in [7, 11) is 1.64. The number of nitrogens with zero attached hydrogens (tertiary/aromatic N) is 4. The van der Waals surface area contributed by atoms with Gasteiger partial charge in [0.1, 0.15) is 0 Å². The average molecular weight is 423 g/mol. The van der Waals surface area contributed by atoms with Crippen LogP contribution >= 0.6 is 23.4 Å². The van der Waals surface area contributed by atoms with Crippen molar-refractivity contribution in [2.24, 2.45) is 0 Å². The molecule has 150 valence electrons. The van der Waals surface area contributed by atoms with Gasteiger partial charge in [-0.05, 0) is 31.5 Å². The van der Waals surface area contributed by atoms with Crippen molar-refractivity contribution in [3.05, 3.63) is 45.3 Å². The SMILES string of the molecule is COCCCn1c(SC(C)c2nc(C(C)C)no2)nc2cc(Cl)ccc2c1=O. The topological polar surface area (TPSA) is 83.0 Å². The minimum Gasteiger partial charge on any atom is -0.385 e. The van der Waals surface area contributed by atoms with Gasteiger partial charge in [0, 0.05) is 31.2 Å². The first-order valence-electron chi connectivity index (χ1n) is 9.10. The summed E-state index contributed by atoms with van der Waals surface area (Å²) < 4.78 is 12.2. The Morgan fingerprint density at radius 1 is 1.29 bits per heavy atom. The monoisotopic (exact) mass is 422 g/mol. The fraction of sp³-hybridized carbons (Fsp3) is 0.474. The molecule has 0 fully saturated rings. The number of halogens is 1. The molecule has 0 aliphatic carbocycles. The Balaban J connectivity index is 1.98. The maximum Gasteiger partial charge on any atom is 0.262 e. The first-order chi connectivity index (χ1) is 13.4. The van der Waals surface area contributed by atoms with E-state index >= 15 is 0 Å². The lowest BCUT2D eigenvalue weighted by Crippen LogP contribution is -2.24. The van der Waals surface area contributed by atoms with Crippen molar-refractivity contribution < 1.29 is 9.26 Å². The number of methoxy groups -OCH3 is 1. The average Bonchev–Trinajstić information content (AvgIpc) is 3.14. The molecule has 3 rings (SSSR count). The number of fused-ring (bicyclic) bond motifs is 1. The van der Waals surface area contributed by atoms with Crippen LogP contribution in [0.3, 0.4) is 0 Å². The standard InChI is InChI=1S/C19H23ClN4O3S/c1-11(2)16-22-17(27-23-16)12(3)28-19-21-15-10-13(20)6-7-14(15)18(25)24(19)8-5-9-26-4/h6-7,10-12H,5,8-9H2,1-4H3. The highest BCUT2D eigenvalue weighted by molar-refractivity contribution is 7.99. The Hall–Kier alpha value is -1.90. The fourth-order valence-corrected chi connectivity index (χ4v) is 3.81. The van der Waals surface area contributed by atoms with E-state index in [1.165, 1.54) is 11.8 Å². The normalized spacial score (nSPS) is 12.8. The fourth-order valence-electron chi connectivity index (χ4n) is 2.68. The van der Waals surface area contributed by atoms with E-state index in [0.29, 0.717) is 52.4 Å². The van der Waals surface area contributed by atoms with Gasteiger partial charge in [0.2, 0.25) is 5.89 Å². The molecule has 1 atom stereocenters. The van der Waals surface area contributed by atoms with Crippen LogP contribution in [-0.4, -0.2) is 33.4 Å². The summed E-state index contributed by atoms with van der Waals surface area (Å²) in [6, 6.07) is 5.12. The molecule has 1 unspecified atom stereocenters. The molecular weight excluding hydrogens is 400 g/mol. The van der Waals surface area contributed by atoms with Crippen molar-refractivity contribution in [1.82, 2.24) is 19.7 Å². The first-order valence-corrected chi connectivity index (χ1v) is 10.4. The Bertz CT molecular complexity index is 1020. The zero-order valence-electron chi connectivity index (χ0n) is 16.3. The summed E-state index contributed by atoms with van der Waals surface area (Å²) in [5, 5.41) is 5.53. The second-order valence-electron chi connectivity index (χ2n) is 6.76. The third-order valence-corrected chi connectivity index (χ3v) is 5.53. The summed E-state index contributed by atoms with van der Waals surface area (Å²) in [6.07, 6.45) is 0.706. The molecule has 0 bridgehead atoms. The number of benzene rings is 1. The van der Waals surface area contributed by atoms with Crippen molar-refractivity contribution >= 4 is 34.3 Å². The lowest BCUT2D eigenvalue weighted by molar-refractivity contribution is 0.189. The van der Waals surface area contributed by atoms with Crippen LogP contribution in [0.1, 0.15) is 50.1 Å². The van der Waals surface area contributed by atoms with Gasteiger partial charge in [0.15, 0.2) is 11.0 Å². The zero-order chi connectivity index (χ0) is 20.3. The Morgan fingerprint density at radius 2 is 2.07 bits per heavy atom. The van der Waals surface area contributed by atoms with E-state index in [4.69, 9.17) is 25.8 Å². The van der Waals surface area contributed by atoms with Crippen LogP contribution in [0, 0.1) is 0 Å². The van der Waals surface area contributed by atoms with Crippen LogP contribution in [0.2, 0.25) is 5.02 Å². The smallest absolute Gasteiger partial charge is 0.262 e. The predicted molar refractivity (Wildman–Crippen MR) is 110 cm³/mol. The predicted octanol–water partition coefficient (Wildman–Crippen LogP) is 4.45. The molecular formula is C19H23ClN4O3S. The number of hydrogen-bond acceptors (Lipinski definition) is 7. The molecule has 0 amide bonds. The van der Waals surface area contributed by atoms with Crippen LogP contribution in [-0.2, 0) is 11.3 Å². The summed E-state index contributed by atoms with van der Waals surface area (Å²) in [4.78, 5) is 22.2. The Labute approximate surface area is 172 Å². The summed E-state index contributed by atoms with van der Waals surface area (Å²) in [5.74, 6) is 1.36. The van der Waals surface area contributed by atoms with Gasteiger partial charge in [-0.15, -0.1) is 0 Å². The molecule has 0 aliphatic heterocycles. The van der Waals surface area contributed by atoms with Crippen molar-refractivity contribution in [2.75, 3.05) is 13.7 Å². The molecule has 2 aromatic heterocycles. The lowest BCUT2D eigenvalue weighted by atomic mass is 10.2. The number of ether oxygens (including phenoxy) is 1. The van der Waals surface area contributed by atoms with Crippen LogP contribution < -0.4 is 5.56 Å². The van der Waals surface area contributed by atoms with E-state index in [0.717, 1.165) is 0 Å². The van der Waals surface area contributed by atoms with E-state index in [1.54, 1.807) is 29.9 Å². The molecule has 0 N–H and O–H groups in total. The number of rotatable bonds is 8. The molecule has 7 nitrogen and oxygen atoms in total. The second-order valence-corrected chi connectivity index (χ2v) is 8.51. The molecule has 28 heavy (non-hydrogen) atoms. The quantitative estimate of drug-likeness (QED) is 0.301. The van der Waals surface area contributed by atoms with E-state index in [1.807, 2.05) is 20.8 Å². The minimum atomic E-state index is -0.155. The minimum absolute atomic E-state index is 0.0964. The van der Waals surface area contributed by atoms with Crippen molar-refractivity contribution in [3.63, 3.8) is 0 Å². The van der Waals surface area contributed by atoms with Gasteiger partial charge in [-0.1, -0.05) is 42.4 Å². The van der Waals surface area contributed by atoms with E-state index in [2.05, 4.69) is 10.1 Å². The van der Waals surface area contributed by atoms with Crippen molar-refractivity contribution in [1.29, 1.82) is 0 Å². The van der Waals surface area contributed by atoms with Gasteiger partial charge >= 0.3 is 0 Å². The van der Waals surface area contributed by atoms with Crippen molar-refractivity contribution in [3.8, 4) is 0 Å². The highest BCUT2D eigenvalue weighted by atomic mass is 35.5. The number of hydrogen-bond donors (Lipinski definition) is 0. The highest BCUT2D eigenvalue weighted by Crippen LogP contribution is 2.33. The van der Waals surface area contributed by atoms with Crippen molar-refractivity contribution in [2.45, 2.75) is 50.1 Å². The third-order valence-electron chi connectivity index (χ3n) is 4.22. The second kappa shape index (κ2) is 9.07. The van der Waals surface area contributed by atoms with Gasteiger partial charge in [-0.2, -0.15) is 4.98 Å².